The fraction of sp³-hybridized carbons (Fsp3) is 0.467. The van der Waals surface area contributed by atoms with Gasteiger partial charge in [-0.2, -0.15) is 0 Å². The third-order valence-electron chi connectivity index (χ3n) is 4.88. The molecule has 4 nitrogen and oxygen atoms in total. The second-order valence-corrected chi connectivity index (χ2v) is 6.36. The van der Waals surface area contributed by atoms with Crippen LogP contribution in [0.25, 0.3) is 0 Å². The second-order valence-electron chi connectivity index (χ2n) is 5.92. The van der Waals surface area contributed by atoms with E-state index in [1.165, 1.54) is 0 Å². The monoisotopic (exact) mass is 291 g/mol. The third kappa shape index (κ3) is 1.67. The summed E-state index contributed by atoms with van der Waals surface area (Å²) in [6.45, 7) is 0. The van der Waals surface area contributed by atoms with Crippen molar-refractivity contribution in [2.75, 3.05) is 5.32 Å². The van der Waals surface area contributed by atoms with E-state index in [2.05, 4.69) is 5.32 Å². The highest BCUT2D eigenvalue weighted by atomic mass is 35.5. The molecule has 0 radical (unpaired) electrons. The Bertz CT molecular complexity index is 601. The van der Waals surface area contributed by atoms with Gasteiger partial charge in [0, 0.05) is 16.6 Å². The summed E-state index contributed by atoms with van der Waals surface area (Å²) in [6, 6.07) is 7.06. The first-order chi connectivity index (χ1) is 9.63. The lowest BCUT2D eigenvalue weighted by molar-refractivity contribution is -0.145. The average molecular weight is 292 g/mol. The Morgan fingerprint density at radius 1 is 1.35 bits per heavy atom. The summed E-state index contributed by atoms with van der Waals surface area (Å²) in [6.07, 6.45) is 1.84. The maximum Gasteiger partial charge on any atom is 0.310 e. The summed E-state index contributed by atoms with van der Waals surface area (Å²) >= 11 is 5.91. The lowest BCUT2D eigenvalue weighted by Gasteiger charge is -2.23. The number of anilines is 1. The molecule has 2 bridgehead atoms. The fourth-order valence-corrected chi connectivity index (χ4v) is 4.35. The zero-order valence-electron chi connectivity index (χ0n) is 10.7. The summed E-state index contributed by atoms with van der Waals surface area (Å²) < 4.78 is 5.35. The van der Waals surface area contributed by atoms with E-state index in [-0.39, 0.29) is 41.7 Å². The number of carbonyl (C=O) groups is 2. The molecule has 1 aromatic rings. The predicted octanol–water partition coefficient (Wildman–Crippen LogP) is 2.48. The van der Waals surface area contributed by atoms with Gasteiger partial charge in [0.2, 0.25) is 5.91 Å². The number of esters is 1. The van der Waals surface area contributed by atoms with Crippen molar-refractivity contribution in [1.29, 1.82) is 0 Å². The molecule has 1 amide bonds. The SMILES string of the molecule is O=C(Nc1cccc(Cl)c1)[C@H]1[C@@H]2C[C@@H]3[C@@H]1C(=O)O[C@@H]3C2. The smallest absolute Gasteiger partial charge is 0.310 e. The van der Waals surface area contributed by atoms with Crippen molar-refractivity contribution >= 4 is 29.2 Å². The molecular formula is C15H14ClNO3. The highest BCUT2D eigenvalue weighted by Crippen LogP contribution is 2.57. The number of fused-ring (bicyclic) bond motifs is 1. The van der Waals surface area contributed by atoms with Gasteiger partial charge in [-0.25, -0.2) is 0 Å². The molecule has 20 heavy (non-hydrogen) atoms. The molecule has 1 heterocycles. The molecule has 0 aromatic heterocycles. The lowest BCUT2D eigenvalue weighted by atomic mass is 9.79. The minimum Gasteiger partial charge on any atom is -0.462 e. The van der Waals surface area contributed by atoms with Crippen LogP contribution in [0, 0.1) is 23.7 Å². The Morgan fingerprint density at radius 2 is 2.20 bits per heavy atom. The molecule has 0 unspecified atom stereocenters. The van der Waals surface area contributed by atoms with Crippen LogP contribution in [0.1, 0.15) is 12.8 Å². The number of benzene rings is 1. The molecule has 4 rings (SSSR count). The van der Waals surface area contributed by atoms with E-state index >= 15 is 0 Å². The first-order valence-electron chi connectivity index (χ1n) is 6.90. The van der Waals surface area contributed by atoms with E-state index in [1.807, 2.05) is 0 Å². The molecule has 1 aliphatic heterocycles. The Balaban J connectivity index is 1.56. The van der Waals surface area contributed by atoms with Gasteiger partial charge in [-0.1, -0.05) is 17.7 Å². The average Bonchev–Trinajstić information content (AvgIpc) is 2.99. The van der Waals surface area contributed by atoms with Gasteiger partial charge in [0.15, 0.2) is 0 Å². The zero-order chi connectivity index (χ0) is 13.9. The van der Waals surface area contributed by atoms with Crippen molar-refractivity contribution < 1.29 is 14.3 Å². The van der Waals surface area contributed by atoms with Crippen molar-refractivity contribution in [2.45, 2.75) is 18.9 Å². The quantitative estimate of drug-likeness (QED) is 0.852. The number of hydrogen-bond acceptors (Lipinski definition) is 3. The molecule has 2 saturated carbocycles. The predicted molar refractivity (Wildman–Crippen MR) is 73.2 cm³/mol. The summed E-state index contributed by atoms with van der Waals surface area (Å²) in [4.78, 5) is 24.4. The number of halogens is 1. The second kappa shape index (κ2) is 4.22. The van der Waals surface area contributed by atoms with Gasteiger partial charge in [-0.3, -0.25) is 9.59 Å². The van der Waals surface area contributed by atoms with Crippen LogP contribution in [-0.4, -0.2) is 18.0 Å². The maximum absolute atomic E-state index is 12.5. The Hall–Kier alpha value is -1.55. The molecule has 1 saturated heterocycles. The number of carbonyl (C=O) groups excluding carboxylic acids is 2. The Kier molecular flexibility index (Phi) is 2.58. The van der Waals surface area contributed by atoms with Gasteiger partial charge in [0.1, 0.15) is 6.10 Å². The van der Waals surface area contributed by atoms with E-state index in [0.717, 1.165) is 12.8 Å². The normalized spacial score (nSPS) is 37.0. The van der Waals surface area contributed by atoms with E-state index < -0.39 is 0 Å². The highest BCUT2D eigenvalue weighted by molar-refractivity contribution is 6.30. The minimum absolute atomic E-state index is 0.0627. The van der Waals surface area contributed by atoms with Crippen molar-refractivity contribution in [3.8, 4) is 0 Å². The molecule has 2 aliphatic carbocycles. The fourth-order valence-electron chi connectivity index (χ4n) is 4.16. The molecule has 1 N–H and O–H groups in total. The first kappa shape index (κ1) is 12.2. The van der Waals surface area contributed by atoms with Crippen LogP contribution in [-0.2, 0) is 14.3 Å². The van der Waals surface area contributed by atoms with Crippen LogP contribution >= 0.6 is 11.6 Å². The van der Waals surface area contributed by atoms with Gasteiger partial charge in [0.25, 0.3) is 0 Å². The molecule has 0 spiro atoms. The molecule has 5 atom stereocenters. The van der Waals surface area contributed by atoms with Crippen LogP contribution < -0.4 is 5.32 Å². The van der Waals surface area contributed by atoms with Gasteiger partial charge >= 0.3 is 5.97 Å². The standard InChI is InChI=1S/C15H14ClNO3/c16-8-2-1-3-9(6-8)17-14(18)12-7-4-10-11(5-7)20-15(19)13(10)12/h1-3,6-7,10-13H,4-5H2,(H,17,18)/t7-,10+,11-,12+,13+/m1/s1. The van der Waals surface area contributed by atoms with Crippen LogP contribution in [0.2, 0.25) is 5.02 Å². The summed E-state index contributed by atoms with van der Waals surface area (Å²) in [5.74, 6) is -0.222. The summed E-state index contributed by atoms with van der Waals surface area (Å²) in [7, 11) is 0. The van der Waals surface area contributed by atoms with E-state index in [4.69, 9.17) is 16.3 Å². The van der Waals surface area contributed by atoms with Crippen molar-refractivity contribution in [1.82, 2.24) is 0 Å². The van der Waals surface area contributed by atoms with Gasteiger partial charge < -0.3 is 10.1 Å². The number of hydrogen-bond donors (Lipinski definition) is 1. The molecule has 1 aromatic carbocycles. The minimum atomic E-state index is -0.245. The van der Waals surface area contributed by atoms with Crippen LogP contribution in [0.15, 0.2) is 24.3 Å². The topological polar surface area (TPSA) is 55.4 Å². The van der Waals surface area contributed by atoms with E-state index in [9.17, 15) is 9.59 Å². The summed E-state index contributed by atoms with van der Waals surface area (Å²) in [5.41, 5.74) is 0.674. The van der Waals surface area contributed by atoms with Crippen LogP contribution in [0.3, 0.4) is 0 Å². The van der Waals surface area contributed by atoms with Crippen LogP contribution in [0.5, 0.6) is 0 Å². The van der Waals surface area contributed by atoms with E-state index in [1.54, 1.807) is 24.3 Å². The molecular weight excluding hydrogens is 278 g/mol. The van der Waals surface area contributed by atoms with Gasteiger partial charge in [-0.15, -0.1) is 0 Å². The van der Waals surface area contributed by atoms with Crippen molar-refractivity contribution in [2.24, 2.45) is 23.7 Å². The number of ether oxygens (including phenoxy) is 1. The highest BCUT2D eigenvalue weighted by Gasteiger charge is 2.63. The maximum atomic E-state index is 12.5. The molecule has 3 fully saturated rings. The van der Waals surface area contributed by atoms with Gasteiger partial charge in [0.05, 0.1) is 11.8 Å². The van der Waals surface area contributed by atoms with Gasteiger partial charge in [-0.05, 0) is 37.0 Å². The first-order valence-corrected chi connectivity index (χ1v) is 7.28. The third-order valence-corrected chi connectivity index (χ3v) is 5.11. The van der Waals surface area contributed by atoms with Crippen molar-refractivity contribution in [3.63, 3.8) is 0 Å². The molecule has 3 aliphatic rings. The lowest BCUT2D eigenvalue weighted by Crippen LogP contribution is -2.35. The van der Waals surface area contributed by atoms with E-state index in [0.29, 0.717) is 10.7 Å². The summed E-state index contributed by atoms with van der Waals surface area (Å²) in [5, 5.41) is 3.46. The zero-order valence-corrected chi connectivity index (χ0v) is 11.5. The molecule has 5 heteroatoms. The number of nitrogens with one attached hydrogen (secondary N) is 1. The Morgan fingerprint density at radius 3 is 3.00 bits per heavy atom. The van der Waals surface area contributed by atoms with Crippen molar-refractivity contribution in [3.05, 3.63) is 29.3 Å². The Labute approximate surface area is 121 Å². The van der Waals surface area contributed by atoms with Crippen LogP contribution in [0.4, 0.5) is 5.69 Å². The largest absolute Gasteiger partial charge is 0.462 e. The number of rotatable bonds is 2. The number of amides is 1. The molecule has 104 valence electrons.